The summed E-state index contributed by atoms with van der Waals surface area (Å²) in [5.74, 6) is -0.145. The van der Waals surface area contributed by atoms with Crippen LogP contribution in [0.2, 0.25) is 0 Å². The Morgan fingerprint density at radius 3 is 2.81 bits per heavy atom. The van der Waals surface area contributed by atoms with Crippen LogP contribution in [0.5, 0.6) is 5.75 Å². The molecule has 0 radical (unpaired) electrons. The van der Waals surface area contributed by atoms with Gasteiger partial charge in [-0.05, 0) is 23.8 Å². The molecule has 1 heterocycles. The lowest BCUT2D eigenvalue weighted by Crippen LogP contribution is -2.07. The Labute approximate surface area is 153 Å². The molecule has 2 aromatic carbocycles. The van der Waals surface area contributed by atoms with E-state index in [4.69, 9.17) is 4.74 Å². The first-order valence-electron chi connectivity index (χ1n) is 7.64. The predicted octanol–water partition coefficient (Wildman–Crippen LogP) is 3.89. The zero-order valence-electron chi connectivity index (χ0n) is 14.1. The van der Waals surface area contributed by atoms with E-state index in [0.717, 1.165) is 15.3 Å². The van der Waals surface area contributed by atoms with Gasteiger partial charge >= 0.3 is 5.97 Å². The van der Waals surface area contributed by atoms with Gasteiger partial charge in [-0.3, -0.25) is 10.1 Å². The highest BCUT2D eigenvalue weighted by atomic mass is 32.1. The van der Waals surface area contributed by atoms with Crippen LogP contribution in [0, 0.1) is 10.1 Å². The highest BCUT2D eigenvalue weighted by Gasteiger charge is 2.08. The molecule has 0 N–H and O–H groups in total. The minimum absolute atomic E-state index is 0.0344. The number of carbonyl (C=O) groups excluding carboxylic acids is 1. The van der Waals surface area contributed by atoms with Crippen LogP contribution in [0.3, 0.4) is 0 Å². The van der Waals surface area contributed by atoms with Crippen molar-refractivity contribution in [2.75, 3.05) is 19.0 Å². The number of hydrogen-bond donors (Lipinski definition) is 0. The second-order valence-corrected chi connectivity index (χ2v) is 6.64. The number of aromatic nitrogens is 1. The van der Waals surface area contributed by atoms with E-state index >= 15 is 0 Å². The van der Waals surface area contributed by atoms with Crippen molar-refractivity contribution in [1.82, 2.24) is 4.98 Å². The first-order chi connectivity index (χ1) is 12.4. The lowest BCUT2D eigenvalue weighted by atomic mass is 10.2. The number of hydrogen-bond acceptors (Lipinski definition) is 7. The number of anilines is 1. The number of esters is 1. The van der Waals surface area contributed by atoms with Gasteiger partial charge in [0.25, 0.3) is 5.69 Å². The molecule has 0 spiro atoms. The maximum atomic E-state index is 12.0. The van der Waals surface area contributed by atoms with Gasteiger partial charge < -0.3 is 9.64 Å². The van der Waals surface area contributed by atoms with Crippen molar-refractivity contribution in [2.45, 2.75) is 0 Å². The molecule has 132 valence electrons. The number of nitro benzene ring substituents is 1. The molecule has 1 aromatic heterocycles. The van der Waals surface area contributed by atoms with E-state index in [2.05, 4.69) is 4.98 Å². The minimum Gasteiger partial charge on any atom is -0.423 e. The molecule has 7 nitrogen and oxygen atoms in total. The van der Waals surface area contributed by atoms with Gasteiger partial charge in [-0.1, -0.05) is 23.5 Å². The number of rotatable bonds is 5. The van der Waals surface area contributed by atoms with Crippen LogP contribution in [0.25, 0.3) is 16.3 Å². The van der Waals surface area contributed by atoms with Crippen molar-refractivity contribution in [3.05, 3.63) is 64.2 Å². The molecule has 0 saturated carbocycles. The molecule has 3 rings (SSSR count). The minimum atomic E-state index is -0.562. The second kappa shape index (κ2) is 7.32. The van der Waals surface area contributed by atoms with Gasteiger partial charge in [0, 0.05) is 38.4 Å². The Morgan fingerprint density at radius 1 is 1.27 bits per heavy atom. The fourth-order valence-electron chi connectivity index (χ4n) is 2.20. The Morgan fingerprint density at radius 2 is 2.08 bits per heavy atom. The first kappa shape index (κ1) is 17.6. The van der Waals surface area contributed by atoms with Gasteiger partial charge in [0.05, 0.1) is 15.1 Å². The molecule has 0 atom stereocenters. The molecule has 8 heteroatoms. The largest absolute Gasteiger partial charge is 0.423 e. The van der Waals surface area contributed by atoms with Crippen molar-refractivity contribution in [1.29, 1.82) is 0 Å². The van der Waals surface area contributed by atoms with Gasteiger partial charge in [0.1, 0.15) is 5.75 Å². The normalized spacial score (nSPS) is 11.0. The van der Waals surface area contributed by atoms with Crippen LogP contribution in [-0.4, -0.2) is 30.0 Å². The number of fused-ring (bicyclic) bond motifs is 1. The number of thiazole rings is 1. The lowest BCUT2D eigenvalue weighted by Gasteiger charge is -2.04. The van der Waals surface area contributed by atoms with E-state index in [9.17, 15) is 14.9 Å². The van der Waals surface area contributed by atoms with Crippen LogP contribution < -0.4 is 9.64 Å². The van der Waals surface area contributed by atoms with Crippen molar-refractivity contribution in [3.8, 4) is 5.75 Å². The molecular weight excluding hydrogens is 354 g/mol. The number of nitro groups is 1. The van der Waals surface area contributed by atoms with Crippen molar-refractivity contribution in [3.63, 3.8) is 0 Å². The maximum absolute atomic E-state index is 12.0. The average Bonchev–Trinajstić information content (AvgIpc) is 3.04. The summed E-state index contributed by atoms with van der Waals surface area (Å²) in [4.78, 5) is 28.7. The third kappa shape index (κ3) is 4.04. The fourth-order valence-corrected chi connectivity index (χ4v) is 3.12. The Kier molecular flexibility index (Phi) is 4.94. The van der Waals surface area contributed by atoms with Crippen LogP contribution in [0.1, 0.15) is 5.56 Å². The van der Waals surface area contributed by atoms with E-state index in [1.165, 1.54) is 35.6 Å². The number of carbonyl (C=O) groups is 1. The summed E-state index contributed by atoms with van der Waals surface area (Å²) in [6, 6.07) is 11.2. The molecule has 0 bridgehead atoms. The molecular formula is C18H15N3O4S. The standard InChI is InChI=1S/C18H15N3O4S/c1-20(2)18-19-15-8-7-14(11-16(15)26-18)25-17(22)9-6-12-4-3-5-13(10-12)21(23)24/h3-11H,1-2H3. The van der Waals surface area contributed by atoms with Gasteiger partial charge in [0.2, 0.25) is 0 Å². The summed E-state index contributed by atoms with van der Waals surface area (Å²) >= 11 is 1.50. The summed E-state index contributed by atoms with van der Waals surface area (Å²) in [5, 5.41) is 11.6. The smallest absolute Gasteiger partial charge is 0.336 e. The van der Waals surface area contributed by atoms with Crippen LogP contribution in [-0.2, 0) is 4.79 Å². The van der Waals surface area contributed by atoms with Gasteiger partial charge in [-0.15, -0.1) is 0 Å². The van der Waals surface area contributed by atoms with E-state index < -0.39 is 10.9 Å². The zero-order valence-corrected chi connectivity index (χ0v) is 14.9. The molecule has 0 unspecified atom stereocenters. The van der Waals surface area contributed by atoms with E-state index in [1.54, 1.807) is 30.3 Å². The zero-order chi connectivity index (χ0) is 18.7. The molecule has 3 aromatic rings. The highest BCUT2D eigenvalue weighted by Crippen LogP contribution is 2.30. The van der Waals surface area contributed by atoms with Gasteiger partial charge in [-0.2, -0.15) is 0 Å². The molecule has 0 saturated heterocycles. The van der Waals surface area contributed by atoms with E-state index in [0.29, 0.717) is 11.3 Å². The van der Waals surface area contributed by atoms with Crippen LogP contribution >= 0.6 is 11.3 Å². The number of benzene rings is 2. The quantitative estimate of drug-likeness (QED) is 0.223. The summed E-state index contributed by atoms with van der Waals surface area (Å²) in [6.07, 6.45) is 2.71. The fraction of sp³-hybridized carbons (Fsp3) is 0.111. The Balaban J connectivity index is 1.72. The highest BCUT2D eigenvalue weighted by molar-refractivity contribution is 7.22. The molecule has 0 amide bonds. The van der Waals surface area contributed by atoms with Gasteiger partial charge in [0.15, 0.2) is 5.13 Å². The summed E-state index contributed by atoms with van der Waals surface area (Å²) in [5.41, 5.74) is 1.35. The first-order valence-corrected chi connectivity index (χ1v) is 8.46. The number of non-ortho nitro benzene ring substituents is 1. The topological polar surface area (TPSA) is 85.6 Å². The Hall–Kier alpha value is -3.26. The summed E-state index contributed by atoms with van der Waals surface area (Å²) < 4.78 is 6.22. The SMILES string of the molecule is CN(C)c1nc2ccc(OC(=O)C=Cc3cccc([N+](=O)[O-])c3)cc2s1. The maximum Gasteiger partial charge on any atom is 0.336 e. The molecule has 0 aliphatic rings. The van der Waals surface area contributed by atoms with Crippen molar-refractivity contribution >= 4 is 44.4 Å². The average molecular weight is 369 g/mol. The monoisotopic (exact) mass is 369 g/mol. The third-order valence-corrected chi connectivity index (χ3v) is 4.63. The molecule has 0 aliphatic carbocycles. The summed E-state index contributed by atoms with van der Waals surface area (Å²) in [6.45, 7) is 0. The van der Waals surface area contributed by atoms with Crippen LogP contribution in [0.15, 0.2) is 48.5 Å². The van der Waals surface area contributed by atoms with E-state index in [1.807, 2.05) is 19.0 Å². The van der Waals surface area contributed by atoms with Crippen molar-refractivity contribution < 1.29 is 14.5 Å². The molecule has 0 fully saturated rings. The third-order valence-electron chi connectivity index (χ3n) is 3.44. The summed E-state index contributed by atoms with van der Waals surface area (Å²) in [7, 11) is 3.83. The number of ether oxygens (including phenoxy) is 1. The Bertz CT molecular complexity index is 1010. The van der Waals surface area contributed by atoms with Crippen LogP contribution in [0.4, 0.5) is 10.8 Å². The van der Waals surface area contributed by atoms with Gasteiger partial charge in [-0.25, -0.2) is 9.78 Å². The lowest BCUT2D eigenvalue weighted by molar-refractivity contribution is -0.384. The molecule has 26 heavy (non-hydrogen) atoms. The number of nitrogens with zero attached hydrogens (tertiary/aromatic N) is 3. The molecule has 0 aliphatic heterocycles. The van der Waals surface area contributed by atoms with E-state index in [-0.39, 0.29) is 5.69 Å². The van der Waals surface area contributed by atoms with Crippen molar-refractivity contribution in [2.24, 2.45) is 0 Å². The predicted molar refractivity (Wildman–Crippen MR) is 102 cm³/mol. The second-order valence-electron chi connectivity index (χ2n) is 5.63.